The molecule has 4 nitrogen and oxygen atoms in total. The number of fused-ring (bicyclic) bond motifs is 1. The topological polar surface area (TPSA) is 57.6 Å². The first-order valence-corrected chi connectivity index (χ1v) is 7.03. The standard InChI is InChI=1S/C14H14FNO3S/c1-2-16(6-5-13(17)18)14(19)12-8-9-7-10(15)3-4-11(9)20-12/h3-4,7-8H,2,5-6H2,1H3,(H,17,18). The normalized spacial score (nSPS) is 10.7. The fraction of sp³-hybridized carbons (Fsp3) is 0.286. The van der Waals surface area contributed by atoms with Gasteiger partial charge in [-0.2, -0.15) is 0 Å². The van der Waals surface area contributed by atoms with Crippen LogP contribution in [-0.2, 0) is 4.79 Å². The number of hydrogen-bond donors (Lipinski definition) is 1. The molecule has 0 radical (unpaired) electrons. The van der Waals surface area contributed by atoms with Crippen LogP contribution in [0.15, 0.2) is 24.3 Å². The van der Waals surface area contributed by atoms with Crippen LogP contribution in [0.5, 0.6) is 0 Å². The molecule has 1 aromatic heterocycles. The van der Waals surface area contributed by atoms with Crippen LogP contribution in [0.2, 0.25) is 0 Å². The van der Waals surface area contributed by atoms with E-state index in [2.05, 4.69) is 0 Å². The average Bonchev–Trinajstić information content (AvgIpc) is 2.81. The summed E-state index contributed by atoms with van der Waals surface area (Å²) in [6.45, 7) is 2.41. The van der Waals surface area contributed by atoms with Crippen LogP contribution in [0.1, 0.15) is 23.0 Å². The van der Waals surface area contributed by atoms with E-state index < -0.39 is 5.97 Å². The fourth-order valence-electron chi connectivity index (χ4n) is 1.91. The van der Waals surface area contributed by atoms with Crippen molar-refractivity contribution >= 4 is 33.3 Å². The van der Waals surface area contributed by atoms with Gasteiger partial charge in [0.1, 0.15) is 5.82 Å². The summed E-state index contributed by atoms with van der Waals surface area (Å²) < 4.78 is 14.0. The zero-order chi connectivity index (χ0) is 14.7. The van der Waals surface area contributed by atoms with Crippen molar-refractivity contribution in [2.45, 2.75) is 13.3 Å². The summed E-state index contributed by atoms with van der Waals surface area (Å²) in [4.78, 5) is 24.9. The monoisotopic (exact) mass is 295 g/mol. The van der Waals surface area contributed by atoms with E-state index in [0.717, 1.165) is 4.70 Å². The van der Waals surface area contributed by atoms with Gasteiger partial charge in [-0.1, -0.05) is 0 Å². The molecule has 0 unspecified atom stereocenters. The number of amides is 1. The molecule has 1 N–H and O–H groups in total. The SMILES string of the molecule is CCN(CCC(=O)O)C(=O)c1cc2cc(F)ccc2s1. The van der Waals surface area contributed by atoms with E-state index in [-0.39, 0.29) is 24.7 Å². The molecule has 0 aliphatic carbocycles. The third-order valence-electron chi connectivity index (χ3n) is 2.95. The minimum Gasteiger partial charge on any atom is -0.481 e. The van der Waals surface area contributed by atoms with E-state index in [9.17, 15) is 14.0 Å². The molecule has 2 rings (SSSR count). The molecule has 2 aromatic rings. The number of carboxylic acid groups (broad SMARTS) is 1. The van der Waals surface area contributed by atoms with Crippen molar-refractivity contribution in [3.63, 3.8) is 0 Å². The van der Waals surface area contributed by atoms with Gasteiger partial charge in [0.05, 0.1) is 11.3 Å². The van der Waals surface area contributed by atoms with Gasteiger partial charge in [-0.3, -0.25) is 9.59 Å². The van der Waals surface area contributed by atoms with Gasteiger partial charge in [0, 0.05) is 17.8 Å². The number of rotatable bonds is 5. The minimum absolute atomic E-state index is 0.0842. The Morgan fingerprint density at radius 1 is 1.35 bits per heavy atom. The van der Waals surface area contributed by atoms with Gasteiger partial charge < -0.3 is 10.0 Å². The summed E-state index contributed by atoms with van der Waals surface area (Å²) in [5.74, 6) is -1.49. The first kappa shape index (κ1) is 14.5. The van der Waals surface area contributed by atoms with E-state index in [0.29, 0.717) is 16.8 Å². The second-order valence-corrected chi connectivity index (χ2v) is 5.41. The van der Waals surface area contributed by atoms with Crippen molar-refractivity contribution in [3.8, 4) is 0 Å². The van der Waals surface area contributed by atoms with Crippen LogP contribution >= 0.6 is 11.3 Å². The predicted octanol–water partition coefficient (Wildman–Crippen LogP) is 2.98. The number of carbonyl (C=O) groups excluding carboxylic acids is 1. The average molecular weight is 295 g/mol. The van der Waals surface area contributed by atoms with Crippen LogP contribution in [0, 0.1) is 5.82 Å². The van der Waals surface area contributed by atoms with Gasteiger partial charge in [0.25, 0.3) is 5.91 Å². The van der Waals surface area contributed by atoms with Crippen molar-refractivity contribution in [2.75, 3.05) is 13.1 Å². The smallest absolute Gasteiger partial charge is 0.305 e. The number of hydrogen-bond acceptors (Lipinski definition) is 3. The van der Waals surface area contributed by atoms with Crippen LogP contribution in [-0.4, -0.2) is 35.0 Å². The highest BCUT2D eigenvalue weighted by Crippen LogP contribution is 2.27. The summed E-state index contributed by atoms with van der Waals surface area (Å²) in [5.41, 5.74) is 0. The second kappa shape index (κ2) is 6.00. The fourth-order valence-corrected chi connectivity index (χ4v) is 2.92. The lowest BCUT2D eigenvalue weighted by Crippen LogP contribution is -2.32. The summed E-state index contributed by atoms with van der Waals surface area (Å²) in [6, 6.07) is 6.03. The summed E-state index contributed by atoms with van der Waals surface area (Å²) >= 11 is 1.29. The van der Waals surface area contributed by atoms with Crippen molar-refractivity contribution in [1.82, 2.24) is 4.90 Å². The summed E-state index contributed by atoms with van der Waals surface area (Å²) in [5, 5.41) is 9.37. The number of aliphatic carboxylic acids is 1. The maximum absolute atomic E-state index is 13.1. The van der Waals surface area contributed by atoms with Gasteiger partial charge in [0.15, 0.2) is 0 Å². The third kappa shape index (κ3) is 3.14. The van der Waals surface area contributed by atoms with E-state index >= 15 is 0 Å². The van der Waals surface area contributed by atoms with Gasteiger partial charge in [0.2, 0.25) is 0 Å². The van der Waals surface area contributed by atoms with Gasteiger partial charge in [-0.15, -0.1) is 11.3 Å². The molecule has 0 spiro atoms. The molecular formula is C14H14FNO3S. The van der Waals surface area contributed by atoms with Crippen molar-refractivity contribution < 1.29 is 19.1 Å². The highest BCUT2D eigenvalue weighted by Gasteiger charge is 2.17. The lowest BCUT2D eigenvalue weighted by Gasteiger charge is -2.18. The molecule has 0 atom stereocenters. The Kier molecular flexibility index (Phi) is 4.34. The molecule has 0 bridgehead atoms. The molecular weight excluding hydrogens is 281 g/mol. The maximum Gasteiger partial charge on any atom is 0.305 e. The molecule has 1 heterocycles. The molecule has 106 valence electrons. The minimum atomic E-state index is -0.935. The van der Waals surface area contributed by atoms with Crippen molar-refractivity contribution in [1.29, 1.82) is 0 Å². The Hall–Kier alpha value is -1.95. The molecule has 20 heavy (non-hydrogen) atoms. The Balaban J connectivity index is 2.22. The number of carboxylic acids is 1. The van der Waals surface area contributed by atoms with Gasteiger partial charge in [-0.05, 0) is 36.6 Å². The molecule has 0 aliphatic rings. The zero-order valence-electron chi connectivity index (χ0n) is 10.9. The van der Waals surface area contributed by atoms with Crippen molar-refractivity contribution in [3.05, 3.63) is 35.0 Å². The molecule has 0 saturated heterocycles. The summed E-state index contributed by atoms with van der Waals surface area (Å²) in [7, 11) is 0. The van der Waals surface area contributed by atoms with Crippen molar-refractivity contribution in [2.24, 2.45) is 0 Å². The largest absolute Gasteiger partial charge is 0.481 e. The lowest BCUT2D eigenvalue weighted by molar-refractivity contribution is -0.137. The lowest BCUT2D eigenvalue weighted by atomic mass is 10.2. The van der Waals surface area contributed by atoms with E-state index in [1.165, 1.54) is 28.4 Å². The molecule has 1 amide bonds. The molecule has 0 fully saturated rings. The molecule has 0 aliphatic heterocycles. The molecule has 1 aromatic carbocycles. The number of carbonyl (C=O) groups is 2. The first-order chi connectivity index (χ1) is 9.51. The van der Waals surface area contributed by atoms with E-state index in [1.807, 2.05) is 0 Å². The number of benzene rings is 1. The number of nitrogens with zero attached hydrogens (tertiary/aromatic N) is 1. The predicted molar refractivity (Wildman–Crippen MR) is 75.6 cm³/mol. The number of halogens is 1. The Morgan fingerprint density at radius 2 is 2.10 bits per heavy atom. The maximum atomic E-state index is 13.1. The van der Waals surface area contributed by atoms with Gasteiger partial charge >= 0.3 is 5.97 Å². The summed E-state index contributed by atoms with van der Waals surface area (Å²) in [6.07, 6.45) is -0.0842. The van der Waals surface area contributed by atoms with Crippen LogP contribution in [0.25, 0.3) is 10.1 Å². The Bertz CT molecular complexity index is 653. The quantitative estimate of drug-likeness (QED) is 0.922. The van der Waals surface area contributed by atoms with Crippen LogP contribution in [0.4, 0.5) is 4.39 Å². The second-order valence-electron chi connectivity index (χ2n) is 4.32. The van der Waals surface area contributed by atoms with E-state index in [4.69, 9.17) is 5.11 Å². The zero-order valence-corrected chi connectivity index (χ0v) is 11.7. The highest BCUT2D eigenvalue weighted by atomic mass is 32.1. The number of thiophene rings is 1. The van der Waals surface area contributed by atoms with E-state index in [1.54, 1.807) is 19.1 Å². The molecule has 0 saturated carbocycles. The first-order valence-electron chi connectivity index (χ1n) is 6.21. The molecule has 6 heteroatoms. The van der Waals surface area contributed by atoms with Crippen LogP contribution < -0.4 is 0 Å². The Morgan fingerprint density at radius 3 is 2.75 bits per heavy atom. The van der Waals surface area contributed by atoms with Crippen LogP contribution in [0.3, 0.4) is 0 Å². The third-order valence-corrected chi connectivity index (χ3v) is 4.06. The Labute approximate surface area is 119 Å². The van der Waals surface area contributed by atoms with Gasteiger partial charge in [-0.25, -0.2) is 4.39 Å². The highest BCUT2D eigenvalue weighted by molar-refractivity contribution is 7.20.